The number of nitrogens with zero attached hydrogens (tertiary/aromatic N) is 5. The predicted molar refractivity (Wildman–Crippen MR) is 146 cm³/mol. The molecule has 42 heavy (non-hydrogen) atoms. The van der Waals surface area contributed by atoms with Gasteiger partial charge in [-0.05, 0) is 42.3 Å². The average molecular weight is 670 g/mol. The highest BCUT2D eigenvalue weighted by Gasteiger charge is 2.37. The van der Waals surface area contributed by atoms with E-state index in [9.17, 15) is 31.2 Å². The number of rotatable bonds is 9. The standard InChI is InChI=1S/C25H25Cl2F3N6O4S.ClH/c26-16-1-3-20-18(13-16)17-5-6-35(21(23(17)31-20)14-34-8-7-33(15-34)11-12-37)9-10-36(41(38,39)40)22-4-2-19(27)24(32-22)25(28,29)30;/h1-4,7-8,13,15,21,31,37H,5-6,9-12,14H2;1H. The van der Waals surface area contributed by atoms with Crippen LogP contribution in [-0.2, 0) is 36.0 Å². The third-order valence-electron chi connectivity index (χ3n) is 7.04. The SMILES string of the molecule is O=S(=O)(O)N(CCN1CCc2c([nH]c3ccc(Cl)cc23)C1C[n+]1ccn(CCO)c1)c1ccc(Cl)c(C(F)(F)F)n1.[Cl-]. The summed E-state index contributed by atoms with van der Waals surface area (Å²) in [4.78, 5) is 8.88. The number of benzene rings is 1. The number of aromatic nitrogens is 4. The minimum Gasteiger partial charge on any atom is -1.00 e. The van der Waals surface area contributed by atoms with E-state index in [0.29, 0.717) is 35.4 Å². The lowest BCUT2D eigenvalue weighted by Crippen LogP contribution is -3.00. The smallest absolute Gasteiger partial charge is 0.434 e. The number of imidazole rings is 1. The first-order valence-electron chi connectivity index (χ1n) is 12.5. The fraction of sp³-hybridized carbons (Fsp3) is 0.360. The number of hydrogen-bond acceptors (Lipinski definition) is 5. The summed E-state index contributed by atoms with van der Waals surface area (Å²) in [6.07, 6.45) is 1.19. The number of nitrogens with one attached hydrogen (secondary N) is 1. The van der Waals surface area contributed by atoms with Gasteiger partial charge in [0.1, 0.15) is 31.3 Å². The van der Waals surface area contributed by atoms with Crippen LogP contribution in [0.5, 0.6) is 0 Å². The molecule has 0 amide bonds. The van der Waals surface area contributed by atoms with Crippen LogP contribution in [0.4, 0.5) is 19.0 Å². The van der Waals surface area contributed by atoms with Crippen LogP contribution in [0.25, 0.3) is 10.9 Å². The summed E-state index contributed by atoms with van der Waals surface area (Å²) in [5.41, 5.74) is 1.41. The van der Waals surface area contributed by atoms with Crippen LogP contribution in [0.1, 0.15) is 23.0 Å². The molecule has 0 aliphatic carbocycles. The highest BCUT2D eigenvalue weighted by molar-refractivity contribution is 7.87. The minimum atomic E-state index is -4.98. The van der Waals surface area contributed by atoms with Gasteiger partial charge >= 0.3 is 16.5 Å². The van der Waals surface area contributed by atoms with Crippen molar-refractivity contribution in [2.75, 3.05) is 30.5 Å². The van der Waals surface area contributed by atoms with Crippen molar-refractivity contribution >= 4 is 50.2 Å². The maximum atomic E-state index is 13.4. The normalized spacial score (nSPS) is 15.9. The number of hydrogen-bond donors (Lipinski definition) is 3. The van der Waals surface area contributed by atoms with Crippen molar-refractivity contribution in [3.8, 4) is 0 Å². The van der Waals surface area contributed by atoms with Crippen molar-refractivity contribution in [3.05, 3.63) is 76.0 Å². The molecule has 0 fully saturated rings. The molecule has 1 aliphatic heterocycles. The molecule has 5 rings (SSSR count). The fourth-order valence-electron chi connectivity index (χ4n) is 5.19. The molecular weight excluding hydrogens is 644 g/mol. The monoisotopic (exact) mass is 668 g/mol. The molecule has 0 radical (unpaired) electrons. The van der Waals surface area contributed by atoms with Gasteiger partial charge in [-0.1, -0.05) is 23.2 Å². The highest BCUT2D eigenvalue weighted by Crippen LogP contribution is 2.37. The van der Waals surface area contributed by atoms with E-state index in [2.05, 4.69) is 9.97 Å². The van der Waals surface area contributed by atoms with Crippen LogP contribution < -0.4 is 21.3 Å². The van der Waals surface area contributed by atoms with Gasteiger partial charge in [0.25, 0.3) is 0 Å². The second-order valence-corrected chi connectivity index (χ2v) is 11.8. The van der Waals surface area contributed by atoms with E-state index in [-0.39, 0.29) is 38.1 Å². The topological polar surface area (TPSA) is 119 Å². The van der Waals surface area contributed by atoms with Crippen LogP contribution >= 0.6 is 23.2 Å². The van der Waals surface area contributed by atoms with E-state index in [1.54, 1.807) is 6.07 Å². The van der Waals surface area contributed by atoms with E-state index in [1.165, 1.54) is 0 Å². The zero-order valence-corrected chi connectivity index (χ0v) is 24.9. The molecule has 0 spiro atoms. The summed E-state index contributed by atoms with van der Waals surface area (Å²) in [7, 11) is -4.98. The number of aliphatic hydroxyl groups excluding tert-OH is 1. The number of alkyl halides is 3. The molecule has 3 N–H and O–H groups in total. The Morgan fingerprint density at radius 1 is 1.19 bits per heavy atom. The van der Waals surface area contributed by atoms with Crippen LogP contribution in [0, 0.1) is 0 Å². The van der Waals surface area contributed by atoms with Crippen LogP contribution in [-0.4, -0.2) is 63.8 Å². The number of aromatic amines is 1. The predicted octanol–water partition coefficient (Wildman–Crippen LogP) is 0.883. The lowest BCUT2D eigenvalue weighted by Gasteiger charge is -2.36. The van der Waals surface area contributed by atoms with Gasteiger partial charge < -0.3 is 22.5 Å². The Hall–Kier alpha value is -2.59. The summed E-state index contributed by atoms with van der Waals surface area (Å²) in [6, 6.07) is 7.15. The lowest BCUT2D eigenvalue weighted by molar-refractivity contribution is -0.702. The van der Waals surface area contributed by atoms with E-state index in [0.717, 1.165) is 34.3 Å². The molecule has 228 valence electrons. The zero-order chi connectivity index (χ0) is 29.5. The Balaban J connectivity index is 0.00000405. The molecule has 1 aromatic carbocycles. The number of H-pyrrole nitrogens is 1. The second-order valence-electron chi connectivity index (χ2n) is 9.63. The van der Waals surface area contributed by atoms with Crippen LogP contribution in [0.3, 0.4) is 0 Å². The number of aliphatic hydroxyl groups is 1. The summed E-state index contributed by atoms with van der Waals surface area (Å²) in [6.45, 7) is 1.00. The van der Waals surface area contributed by atoms with Crippen molar-refractivity contribution in [3.63, 3.8) is 0 Å². The third kappa shape index (κ3) is 6.80. The van der Waals surface area contributed by atoms with Gasteiger partial charge in [-0.15, -0.1) is 0 Å². The van der Waals surface area contributed by atoms with Crippen LogP contribution in [0.2, 0.25) is 10.0 Å². The molecule has 0 bridgehead atoms. The largest absolute Gasteiger partial charge is 1.00 e. The first-order chi connectivity index (χ1) is 19.3. The molecular formula is C25H26Cl3F3N6O4S. The van der Waals surface area contributed by atoms with Crippen molar-refractivity contribution in [2.24, 2.45) is 0 Å². The van der Waals surface area contributed by atoms with Crippen molar-refractivity contribution in [2.45, 2.75) is 31.7 Å². The number of anilines is 1. The van der Waals surface area contributed by atoms with Gasteiger partial charge in [0.2, 0.25) is 6.33 Å². The molecule has 1 aliphatic rings. The first kappa shape index (κ1) is 32.3. The van der Waals surface area contributed by atoms with Gasteiger partial charge in [0.05, 0.1) is 24.2 Å². The van der Waals surface area contributed by atoms with Gasteiger partial charge in [-0.25, -0.2) is 18.4 Å². The van der Waals surface area contributed by atoms with E-state index in [1.807, 2.05) is 44.9 Å². The molecule has 0 saturated heterocycles. The molecule has 4 heterocycles. The quantitative estimate of drug-likeness (QED) is 0.180. The maximum Gasteiger partial charge on any atom is 0.434 e. The highest BCUT2D eigenvalue weighted by atomic mass is 35.5. The second kappa shape index (κ2) is 12.6. The van der Waals surface area contributed by atoms with E-state index in [4.69, 9.17) is 23.2 Å². The summed E-state index contributed by atoms with van der Waals surface area (Å²) < 4.78 is 79.0. The molecule has 0 saturated carbocycles. The summed E-state index contributed by atoms with van der Waals surface area (Å²) >= 11 is 11.9. The zero-order valence-electron chi connectivity index (χ0n) is 21.8. The Morgan fingerprint density at radius 3 is 2.64 bits per heavy atom. The Bertz CT molecular complexity index is 1680. The Morgan fingerprint density at radius 2 is 1.95 bits per heavy atom. The van der Waals surface area contributed by atoms with E-state index >= 15 is 0 Å². The van der Waals surface area contributed by atoms with Crippen molar-refractivity contribution in [1.29, 1.82) is 0 Å². The number of halogens is 6. The maximum absolute atomic E-state index is 13.4. The van der Waals surface area contributed by atoms with Crippen molar-refractivity contribution < 1.29 is 48.2 Å². The third-order valence-corrected chi connectivity index (χ3v) is 8.50. The van der Waals surface area contributed by atoms with Gasteiger partial charge in [0.15, 0.2) is 5.69 Å². The number of pyridine rings is 1. The number of fused-ring (bicyclic) bond motifs is 3. The van der Waals surface area contributed by atoms with E-state index < -0.39 is 33.0 Å². The molecule has 3 aromatic heterocycles. The van der Waals surface area contributed by atoms with Gasteiger partial charge in [-0.3, -0.25) is 9.45 Å². The van der Waals surface area contributed by atoms with Gasteiger partial charge in [0, 0.05) is 34.7 Å². The summed E-state index contributed by atoms with van der Waals surface area (Å²) in [5.74, 6) is -0.603. The first-order valence-corrected chi connectivity index (χ1v) is 14.7. The van der Waals surface area contributed by atoms with Gasteiger partial charge in [-0.2, -0.15) is 21.6 Å². The van der Waals surface area contributed by atoms with Crippen LogP contribution in [0.15, 0.2) is 49.1 Å². The molecule has 10 nitrogen and oxygen atoms in total. The lowest BCUT2D eigenvalue weighted by atomic mass is 9.97. The molecule has 4 aromatic rings. The summed E-state index contributed by atoms with van der Waals surface area (Å²) in [5, 5.41) is 10.2. The van der Waals surface area contributed by atoms with Crippen molar-refractivity contribution in [1.82, 2.24) is 19.4 Å². The average Bonchev–Trinajstić information content (AvgIpc) is 3.48. The molecule has 1 atom stereocenters. The fourth-order valence-corrected chi connectivity index (χ4v) is 6.23. The molecule has 17 heteroatoms. The Kier molecular flexibility index (Phi) is 9.67. The minimum absolute atomic E-state index is 0. The Labute approximate surface area is 255 Å². The molecule has 1 unspecified atom stereocenters.